The summed E-state index contributed by atoms with van der Waals surface area (Å²) in [5, 5.41) is 8.93. The highest BCUT2D eigenvalue weighted by Gasteiger charge is 2.14. The summed E-state index contributed by atoms with van der Waals surface area (Å²) >= 11 is 1.28. The number of hydrogen-bond donors (Lipinski definition) is 2. The van der Waals surface area contributed by atoms with Crippen LogP contribution in [0.2, 0.25) is 0 Å². The summed E-state index contributed by atoms with van der Waals surface area (Å²) in [6.07, 6.45) is 3.63. The van der Waals surface area contributed by atoms with E-state index in [-0.39, 0.29) is 18.2 Å². The smallest absolute Gasteiger partial charge is 0.260 e. The van der Waals surface area contributed by atoms with E-state index in [0.29, 0.717) is 22.1 Å². The summed E-state index contributed by atoms with van der Waals surface area (Å²) in [7, 11) is 0. The van der Waals surface area contributed by atoms with Crippen molar-refractivity contribution in [1.82, 2.24) is 9.55 Å². The number of furan rings is 1. The molecule has 0 radical (unpaired) electrons. The molecule has 0 atom stereocenters. The van der Waals surface area contributed by atoms with Crippen molar-refractivity contribution in [2.75, 3.05) is 10.6 Å². The van der Waals surface area contributed by atoms with Gasteiger partial charge in [-0.2, -0.15) is 0 Å². The lowest BCUT2D eigenvalue weighted by Crippen LogP contribution is -2.15. The topological polar surface area (TPSA) is 89.2 Å². The Morgan fingerprint density at radius 2 is 2.07 bits per heavy atom. The van der Waals surface area contributed by atoms with E-state index in [1.165, 1.54) is 17.6 Å². The Morgan fingerprint density at radius 3 is 2.83 bits per heavy atom. The summed E-state index contributed by atoms with van der Waals surface area (Å²) in [5.74, 6) is 0.104. The van der Waals surface area contributed by atoms with Gasteiger partial charge in [-0.25, -0.2) is 4.98 Å². The van der Waals surface area contributed by atoms with Crippen molar-refractivity contribution in [3.05, 3.63) is 65.2 Å². The Kier molecular flexibility index (Phi) is 5.18. The molecule has 8 heteroatoms. The minimum atomic E-state index is -0.283. The van der Waals surface area contributed by atoms with Crippen molar-refractivity contribution in [3.8, 4) is 0 Å². The number of benzene rings is 1. The number of nitrogens with one attached hydrogen (secondary N) is 2. The van der Waals surface area contributed by atoms with Crippen LogP contribution in [0.25, 0.3) is 10.9 Å². The van der Waals surface area contributed by atoms with Crippen LogP contribution < -0.4 is 10.6 Å². The molecule has 0 fully saturated rings. The molecule has 0 aliphatic heterocycles. The summed E-state index contributed by atoms with van der Waals surface area (Å²) in [5.41, 5.74) is 2.95. The number of aryl methyl sites for hydroxylation is 2. The van der Waals surface area contributed by atoms with Gasteiger partial charge in [0, 0.05) is 34.7 Å². The summed E-state index contributed by atoms with van der Waals surface area (Å²) < 4.78 is 7.29. The molecule has 3 aromatic heterocycles. The van der Waals surface area contributed by atoms with E-state index in [9.17, 15) is 9.59 Å². The average molecular weight is 408 g/mol. The SMILES string of the molecule is CCn1ccc2cc(NC(=O)Cc3csc(NC(=O)c4ccoc4C)n3)ccc21. The quantitative estimate of drug-likeness (QED) is 0.493. The van der Waals surface area contributed by atoms with E-state index in [0.717, 1.165) is 23.1 Å². The van der Waals surface area contributed by atoms with Crippen molar-refractivity contribution in [2.45, 2.75) is 26.8 Å². The van der Waals surface area contributed by atoms with Crippen LogP contribution in [0.5, 0.6) is 0 Å². The molecule has 0 aliphatic carbocycles. The van der Waals surface area contributed by atoms with E-state index in [1.54, 1.807) is 18.4 Å². The predicted molar refractivity (Wildman–Crippen MR) is 113 cm³/mol. The van der Waals surface area contributed by atoms with Gasteiger partial charge in [0.2, 0.25) is 5.91 Å². The van der Waals surface area contributed by atoms with Gasteiger partial charge in [-0.3, -0.25) is 14.9 Å². The molecule has 1 aromatic carbocycles. The zero-order valence-electron chi connectivity index (χ0n) is 16.1. The van der Waals surface area contributed by atoms with Gasteiger partial charge in [-0.15, -0.1) is 11.3 Å². The fourth-order valence-electron chi connectivity index (χ4n) is 3.15. The normalized spacial score (nSPS) is 11.0. The lowest BCUT2D eigenvalue weighted by Gasteiger charge is -2.06. The van der Waals surface area contributed by atoms with Crippen LogP contribution in [0.15, 0.2) is 52.6 Å². The molecule has 2 amide bonds. The molecule has 0 unspecified atom stereocenters. The highest BCUT2D eigenvalue weighted by atomic mass is 32.1. The summed E-state index contributed by atoms with van der Waals surface area (Å²) in [6.45, 7) is 4.72. The monoisotopic (exact) mass is 408 g/mol. The second-order valence-electron chi connectivity index (χ2n) is 6.59. The number of thiazole rings is 1. The van der Waals surface area contributed by atoms with Crippen LogP contribution in [0.3, 0.4) is 0 Å². The van der Waals surface area contributed by atoms with Gasteiger partial charge in [0.1, 0.15) is 5.76 Å². The molecule has 3 heterocycles. The Bertz CT molecular complexity index is 1190. The third kappa shape index (κ3) is 4.07. The van der Waals surface area contributed by atoms with E-state index in [2.05, 4.69) is 27.1 Å². The van der Waals surface area contributed by atoms with Gasteiger partial charge in [0.15, 0.2) is 5.13 Å². The van der Waals surface area contributed by atoms with Crippen LogP contribution in [0, 0.1) is 6.92 Å². The lowest BCUT2D eigenvalue weighted by atomic mass is 10.2. The predicted octanol–water partition coefficient (Wildman–Crippen LogP) is 4.45. The van der Waals surface area contributed by atoms with Crippen LogP contribution >= 0.6 is 11.3 Å². The number of amides is 2. The molecule has 0 aliphatic rings. The number of rotatable bonds is 6. The number of nitrogens with zero attached hydrogens (tertiary/aromatic N) is 2. The van der Waals surface area contributed by atoms with Gasteiger partial charge in [-0.05, 0) is 44.2 Å². The third-order valence-electron chi connectivity index (χ3n) is 4.61. The molecular formula is C21H20N4O3S. The molecule has 29 heavy (non-hydrogen) atoms. The molecule has 7 nitrogen and oxygen atoms in total. The first-order valence-electron chi connectivity index (χ1n) is 9.22. The number of aromatic nitrogens is 2. The maximum atomic E-state index is 12.4. The second-order valence-corrected chi connectivity index (χ2v) is 7.45. The highest BCUT2D eigenvalue weighted by Crippen LogP contribution is 2.22. The molecule has 0 spiro atoms. The van der Waals surface area contributed by atoms with Crippen LogP contribution in [-0.4, -0.2) is 21.4 Å². The van der Waals surface area contributed by atoms with E-state index >= 15 is 0 Å². The third-order valence-corrected chi connectivity index (χ3v) is 5.42. The minimum Gasteiger partial charge on any atom is -0.469 e. The molecule has 4 aromatic rings. The van der Waals surface area contributed by atoms with E-state index < -0.39 is 0 Å². The van der Waals surface area contributed by atoms with Crippen molar-refractivity contribution >= 4 is 44.9 Å². The van der Waals surface area contributed by atoms with Gasteiger partial charge in [0.05, 0.1) is 23.9 Å². The summed E-state index contributed by atoms with van der Waals surface area (Å²) in [4.78, 5) is 28.9. The fourth-order valence-corrected chi connectivity index (χ4v) is 3.86. The zero-order valence-corrected chi connectivity index (χ0v) is 16.9. The zero-order chi connectivity index (χ0) is 20.4. The first kappa shape index (κ1) is 18.9. The van der Waals surface area contributed by atoms with Gasteiger partial charge < -0.3 is 14.3 Å². The Balaban J connectivity index is 1.38. The van der Waals surface area contributed by atoms with Crippen LogP contribution in [0.4, 0.5) is 10.8 Å². The lowest BCUT2D eigenvalue weighted by molar-refractivity contribution is -0.115. The highest BCUT2D eigenvalue weighted by molar-refractivity contribution is 7.14. The second kappa shape index (κ2) is 7.92. The maximum absolute atomic E-state index is 12.4. The number of hydrogen-bond acceptors (Lipinski definition) is 5. The van der Waals surface area contributed by atoms with Gasteiger partial charge in [0.25, 0.3) is 5.91 Å². The van der Waals surface area contributed by atoms with E-state index in [1.807, 2.05) is 30.5 Å². The Morgan fingerprint density at radius 1 is 1.21 bits per heavy atom. The minimum absolute atomic E-state index is 0.130. The van der Waals surface area contributed by atoms with E-state index in [4.69, 9.17) is 4.42 Å². The first-order valence-corrected chi connectivity index (χ1v) is 10.1. The van der Waals surface area contributed by atoms with Crippen LogP contribution in [-0.2, 0) is 17.8 Å². The molecule has 4 rings (SSSR count). The molecule has 0 saturated heterocycles. The molecular weight excluding hydrogens is 388 g/mol. The molecule has 0 saturated carbocycles. The number of carbonyl (C=O) groups is 2. The standard InChI is InChI=1S/C21H20N4O3S/c1-3-25-8-6-14-10-15(4-5-18(14)25)22-19(26)11-16-12-29-21(23-16)24-20(27)17-7-9-28-13(17)2/h4-10,12H,3,11H2,1-2H3,(H,22,26)(H,23,24,27). The Hall–Kier alpha value is -3.39. The maximum Gasteiger partial charge on any atom is 0.260 e. The fraction of sp³-hybridized carbons (Fsp3) is 0.190. The van der Waals surface area contributed by atoms with Crippen molar-refractivity contribution < 1.29 is 14.0 Å². The molecule has 148 valence electrons. The summed E-state index contributed by atoms with van der Waals surface area (Å²) in [6, 6.07) is 9.50. The first-order chi connectivity index (χ1) is 14.0. The van der Waals surface area contributed by atoms with Crippen molar-refractivity contribution in [2.24, 2.45) is 0 Å². The van der Waals surface area contributed by atoms with Gasteiger partial charge in [-0.1, -0.05) is 0 Å². The van der Waals surface area contributed by atoms with Crippen molar-refractivity contribution in [1.29, 1.82) is 0 Å². The Labute approximate surface area is 171 Å². The number of carbonyl (C=O) groups excluding carboxylic acids is 2. The molecule has 0 bridgehead atoms. The average Bonchev–Trinajstić information content (AvgIpc) is 3.41. The van der Waals surface area contributed by atoms with Crippen LogP contribution in [0.1, 0.15) is 28.7 Å². The number of anilines is 2. The number of fused-ring (bicyclic) bond motifs is 1. The van der Waals surface area contributed by atoms with Gasteiger partial charge >= 0.3 is 0 Å². The molecule has 2 N–H and O–H groups in total. The largest absolute Gasteiger partial charge is 0.469 e. The van der Waals surface area contributed by atoms with Crippen molar-refractivity contribution in [3.63, 3.8) is 0 Å².